The number of carbonyl (C=O) groups excluding carboxylic acids is 2. The van der Waals surface area contributed by atoms with E-state index in [9.17, 15) is 22.8 Å². The number of carbonyl (C=O) groups is 2. The molecule has 1 aliphatic rings. The average molecular weight is 352 g/mol. The van der Waals surface area contributed by atoms with E-state index in [4.69, 9.17) is 9.47 Å². The van der Waals surface area contributed by atoms with Crippen LogP contribution in [0.2, 0.25) is 0 Å². The van der Waals surface area contributed by atoms with E-state index in [2.05, 4.69) is 10.3 Å². The summed E-state index contributed by atoms with van der Waals surface area (Å²) in [6, 6.07) is 4.58. The number of rotatable bonds is 3. The van der Waals surface area contributed by atoms with Gasteiger partial charge in [0.15, 0.2) is 17.3 Å². The largest absolute Gasteiger partial charge is 0.454 e. The van der Waals surface area contributed by atoms with Gasteiger partial charge >= 0.3 is 6.18 Å². The Hall–Kier alpha value is -3.10. The highest BCUT2D eigenvalue weighted by molar-refractivity contribution is 6.09. The molecule has 9 heteroatoms. The van der Waals surface area contributed by atoms with Crippen molar-refractivity contribution in [1.82, 2.24) is 4.98 Å². The Balaban J connectivity index is 1.87. The van der Waals surface area contributed by atoms with Crippen molar-refractivity contribution in [3.05, 3.63) is 47.3 Å². The summed E-state index contributed by atoms with van der Waals surface area (Å²) in [6.07, 6.45) is -3.77. The van der Waals surface area contributed by atoms with Crippen molar-refractivity contribution >= 4 is 17.4 Å². The summed E-state index contributed by atoms with van der Waals surface area (Å²) in [5, 5.41) is 2.48. The third-order valence-electron chi connectivity index (χ3n) is 3.46. The van der Waals surface area contributed by atoms with Gasteiger partial charge < -0.3 is 14.8 Å². The second-order valence-corrected chi connectivity index (χ2v) is 5.19. The highest BCUT2D eigenvalue weighted by atomic mass is 19.4. The first-order chi connectivity index (χ1) is 11.8. The van der Waals surface area contributed by atoms with E-state index < -0.39 is 17.8 Å². The van der Waals surface area contributed by atoms with Crippen LogP contribution in [-0.4, -0.2) is 23.5 Å². The molecule has 0 spiro atoms. The first kappa shape index (κ1) is 16.7. The van der Waals surface area contributed by atoms with Crippen molar-refractivity contribution in [2.24, 2.45) is 0 Å². The Morgan fingerprint density at radius 3 is 2.40 bits per heavy atom. The highest BCUT2D eigenvalue weighted by Gasteiger charge is 2.32. The maximum absolute atomic E-state index is 12.5. The Labute approximate surface area is 139 Å². The molecule has 3 rings (SSSR count). The van der Waals surface area contributed by atoms with Crippen molar-refractivity contribution in [3.8, 4) is 11.5 Å². The van der Waals surface area contributed by atoms with E-state index in [1.165, 1.54) is 19.1 Å². The lowest BCUT2D eigenvalue weighted by Crippen LogP contribution is -2.16. The number of pyridine rings is 1. The van der Waals surface area contributed by atoms with E-state index in [1.807, 2.05) is 0 Å². The number of anilines is 1. The van der Waals surface area contributed by atoms with Crippen LogP contribution in [0.1, 0.15) is 33.3 Å². The SMILES string of the molecule is CC(=O)c1cc2c(cc1NC(=O)c1ccc(C(F)(F)F)nc1)OCO2. The van der Waals surface area contributed by atoms with Crippen LogP contribution in [-0.2, 0) is 6.18 Å². The number of fused-ring (bicyclic) bond motifs is 1. The van der Waals surface area contributed by atoms with Gasteiger partial charge in [-0.05, 0) is 25.1 Å². The molecule has 2 aromatic rings. The lowest BCUT2D eigenvalue weighted by molar-refractivity contribution is -0.141. The molecule has 1 aromatic carbocycles. The zero-order valence-electron chi connectivity index (χ0n) is 12.8. The number of ketones is 1. The van der Waals surface area contributed by atoms with Crippen LogP contribution >= 0.6 is 0 Å². The number of aromatic nitrogens is 1. The van der Waals surface area contributed by atoms with E-state index in [1.54, 1.807) is 0 Å². The van der Waals surface area contributed by atoms with Crippen molar-refractivity contribution < 1.29 is 32.2 Å². The molecule has 2 heterocycles. The van der Waals surface area contributed by atoms with Crippen LogP contribution in [0.25, 0.3) is 0 Å². The number of Topliss-reactive ketones (excluding diaryl/α,β-unsaturated/α-hetero) is 1. The zero-order chi connectivity index (χ0) is 18.2. The van der Waals surface area contributed by atoms with Gasteiger partial charge in [-0.25, -0.2) is 0 Å². The van der Waals surface area contributed by atoms with Crippen molar-refractivity contribution in [1.29, 1.82) is 0 Å². The molecule has 130 valence electrons. The van der Waals surface area contributed by atoms with Gasteiger partial charge in [-0.15, -0.1) is 0 Å². The van der Waals surface area contributed by atoms with Crippen LogP contribution in [0.3, 0.4) is 0 Å². The fourth-order valence-corrected chi connectivity index (χ4v) is 2.23. The maximum atomic E-state index is 12.5. The van der Waals surface area contributed by atoms with Crippen molar-refractivity contribution in [3.63, 3.8) is 0 Å². The minimum Gasteiger partial charge on any atom is -0.454 e. The van der Waals surface area contributed by atoms with Gasteiger partial charge in [0.1, 0.15) is 5.69 Å². The number of benzene rings is 1. The van der Waals surface area contributed by atoms with E-state index >= 15 is 0 Å². The van der Waals surface area contributed by atoms with Gasteiger partial charge in [0.05, 0.1) is 11.3 Å². The molecule has 0 saturated carbocycles. The van der Waals surface area contributed by atoms with Gasteiger partial charge in [-0.2, -0.15) is 13.2 Å². The summed E-state index contributed by atoms with van der Waals surface area (Å²) in [5.74, 6) is -0.299. The summed E-state index contributed by atoms with van der Waals surface area (Å²) in [4.78, 5) is 27.2. The fourth-order valence-electron chi connectivity index (χ4n) is 2.23. The molecule has 1 aliphatic heterocycles. The first-order valence-electron chi connectivity index (χ1n) is 7.05. The summed E-state index contributed by atoms with van der Waals surface area (Å²) in [5.41, 5.74) is -0.823. The predicted molar refractivity (Wildman–Crippen MR) is 79.8 cm³/mol. The monoisotopic (exact) mass is 352 g/mol. The van der Waals surface area contributed by atoms with Crippen molar-refractivity contribution in [2.75, 3.05) is 12.1 Å². The van der Waals surface area contributed by atoms with Gasteiger partial charge in [0, 0.05) is 17.8 Å². The third-order valence-corrected chi connectivity index (χ3v) is 3.46. The molecule has 25 heavy (non-hydrogen) atoms. The van der Waals surface area contributed by atoms with E-state index in [-0.39, 0.29) is 29.4 Å². The van der Waals surface area contributed by atoms with Crippen LogP contribution in [0.15, 0.2) is 30.5 Å². The second kappa shape index (κ2) is 6.08. The molecule has 0 aliphatic carbocycles. The Morgan fingerprint density at radius 2 is 1.84 bits per heavy atom. The van der Waals surface area contributed by atoms with Gasteiger partial charge in [0.2, 0.25) is 6.79 Å². The lowest BCUT2D eigenvalue weighted by Gasteiger charge is -2.11. The Morgan fingerprint density at radius 1 is 1.16 bits per heavy atom. The van der Waals surface area contributed by atoms with Crippen molar-refractivity contribution in [2.45, 2.75) is 13.1 Å². The van der Waals surface area contributed by atoms with E-state index in [0.717, 1.165) is 12.3 Å². The molecule has 1 amide bonds. The van der Waals surface area contributed by atoms with Gasteiger partial charge in [0.25, 0.3) is 5.91 Å². The highest BCUT2D eigenvalue weighted by Crippen LogP contribution is 2.37. The lowest BCUT2D eigenvalue weighted by atomic mass is 10.1. The second-order valence-electron chi connectivity index (χ2n) is 5.19. The Bertz CT molecular complexity index is 848. The Kier molecular flexibility index (Phi) is 4.07. The molecular formula is C16H11F3N2O4. The normalized spacial score (nSPS) is 12.8. The summed E-state index contributed by atoms with van der Waals surface area (Å²) in [7, 11) is 0. The molecule has 0 radical (unpaired) electrons. The van der Waals surface area contributed by atoms with Crippen LogP contribution in [0.4, 0.5) is 18.9 Å². The number of halogens is 3. The average Bonchev–Trinajstić information content (AvgIpc) is 3.00. The maximum Gasteiger partial charge on any atom is 0.433 e. The number of nitrogens with one attached hydrogen (secondary N) is 1. The predicted octanol–water partition coefficient (Wildman–Crippen LogP) is 3.28. The molecule has 0 atom stereocenters. The standard InChI is InChI=1S/C16H11F3N2O4/c1-8(22)10-4-12-13(25-7-24-12)5-11(10)21-15(23)9-2-3-14(20-6-9)16(17,18)19/h2-6H,7H2,1H3,(H,21,23). The quantitative estimate of drug-likeness (QED) is 0.858. The summed E-state index contributed by atoms with van der Waals surface area (Å²) >= 11 is 0. The first-order valence-corrected chi connectivity index (χ1v) is 7.05. The topological polar surface area (TPSA) is 77.5 Å². The smallest absolute Gasteiger partial charge is 0.433 e. The minimum absolute atomic E-state index is 0.00704. The third kappa shape index (κ3) is 3.39. The summed E-state index contributed by atoms with van der Waals surface area (Å²) < 4.78 is 47.9. The molecule has 0 unspecified atom stereocenters. The summed E-state index contributed by atoms with van der Waals surface area (Å²) in [6.45, 7) is 1.31. The number of amides is 1. The molecule has 6 nitrogen and oxygen atoms in total. The minimum atomic E-state index is -4.59. The molecule has 0 bridgehead atoms. The van der Waals surface area contributed by atoms with E-state index in [0.29, 0.717) is 17.6 Å². The zero-order valence-corrected chi connectivity index (χ0v) is 12.8. The van der Waals surface area contributed by atoms with Crippen LogP contribution in [0.5, 0.6) is 11.5 Å². The number of hydrogen-bond acceptors (Lipinski definition) is 5. The number of alkyl halides is 3. The molecule has 0 saturated heterocycles. The number of ether oxygens (including phenoxy) is 2. The molecule has 1 N–H and O–H groups in total. The van der Waals surface area contributed by atoms with Gasteiger partial charge in [-0.3, -0.25) is 14.6 Å². The molecular weight excluding hydrogens is 341 g/mol. The molecule has 1 aromatic heterocycles. The van der Waals surface area contributed by atoms with Crippen LogP contribution in [0, 0.1) is 0 Å². The number of hydrogen-bond donors (Lipinski definition) is 1. The van der Waals surface area contributed by atoms with Gasteiger partial charge in [-0.1, -0.05) is 0 Å². The number of nitrogens with zero attached hydrogens (tertiary/aromatic N) is 1. The fraction of sp³-hybridized carbons (Fsp3) is 0.188. The van der Waals surface area contributed by atoms with Crippen LogP contribution < -0.4 is 14.8 Å². The molecule has 0 fully saturated rings.